The van der Waals surface area contributed by atoms with E-state index in [0.29, 0.717) is 16.8 Å². The Morgan fingerprint density at radius 2 is 1.89 bits per heavy atom. The van der Waals surface area contributed by atoms with Gasteiger partial charge in [0.05, 0.1) is 24.5 Å². The number of carbonyl (C=O) groups is 1. The number of hydrogen-bond donors (Lipinski definition) is 0. The summed E-state index contributed by atoms with van der Waals surface area (Å²) in [6.45, 7) is 3.81. The molecule has 2 aromatic rings. The number of hydrogen-bond acceptors (Lipinski definition) is 7. The molecule has 0 aromatic heterocycles. The van der Waals surface area contributed by atoms with E-state index in [1.54, 1.807) is 31.2 Å². The molecule has 0 saturated heterocycles. The van der Waals surface area contributed by atoms with Gasteiger partial charge in [0.1, 0.15) is 13.7 Å². The quantitative estimate of drug-likeness (QED) is 0.418. The summed E-state index contributed by atoms with van der Waals surface area (Å²) in [6.07, 6.45) is 0. The van der Waals surface area contributed by atoms with Gasteiger partial charge in [-0.25, -0.2) is 4.79 Å². The van der Waals surface area contributed by atoms with E-state index in [1.807, 2.05) is 25.1 Å². The Bertz CT molecular complexity index is 958. The zero-order valence-corrected chi connectivity index (χ0v) is 16.2. The standard InChI is InChI=1S/C21H21N3O4/c1-14-7-5-10-18(20(24-27-4)21(25)26-3)19(14)13-28-23-15(2)17-9-6-8-16(11-17)12-22/h5-11H,13H2,1-4H3/b23-15+,24-20+. The SMILES string of the molecule is CO/N=C(/C(=O)OC)c1cccc(C)c1CO/N=C(\C)c1cccc(C#N)c1. The lowest BCUT2D eigenvalue weighted by Crippen LogP contribution is -2.20. The topological polar surface area (TPSA) is 93.3 Å². The minimum atomic E-state index is -0.610. The van der Waals surface area contributed by atoms with Crippen LogP contribution in [0.15, 0.2) is 52.8 Å². The lowest BCUT2D eigenvalue weighted by atomic mass is 9.99. The van der Waals surface area contributed by atoms with E-state index in [-0.39, 0.29) is 12.3 Å². The van der Waals surface area contributed by atoms with Crippen LogP contribution in [0.1, 0.15) is 34.7 Å². The number of esters is 1. The lowest BCUT2D eigenvalue weighted by molar-refractivity contribution is -0.132. The molecule has 0 saturated carbocycles. The van der Waals surface area contributed by atoms with Gasteiger partial charge >= 0.3 is 5.97 Å². The summed E-state index contributed by atoms with van der Waals surface area (Å²) in [7, 11) is 2.64. The van der Waals surface area contributed by atoms with Crippen LogP contribution in [0.5, 0.6) is 0 Å². The molecule has 0 unspecified atom stereocenters. The fourth-order valence-electron chi connectivity index (χ4n) is 2.56. The molecule has 2 aromatic carbocycles. The fourth-order valence-corrected chi connectivity index (χ4v) is 2.56. The van der Waals surface area contributed by atoms with Crippen molar-refractivity contribution in [3.05, 3.63) is 70.3 Å². The third kappa shape index (κ3) is 4.95. The number of benzene rings is 2. The van der Waals surface area contributed by atoms with Crippen molar-refractivity contribution in [3.63, 3.8) is 0 Å². The number of oxime groups is 2. The number of ether oxygens (including phenoxy) is 1. The Labute approximate surface area is 163 Å². The molecule has 0 radical (unpaired) electrons. The average molecular weight is 379 g/mol. The number of rotatable bonds is 7. The summed E-state index contributed by atoms with van der Waals surface area (Å²) in [6, 6.07) is 14.6. The summed E-state index contributed by atoms with van der Waals surface area (Å²) >= 11 is 0. The maximum Gasteiger partial charge on any atom is 0.360 e. The minimum absolute atomic E-state index is 0.0507. The first-order valence-corrected chi connectivity index (χ1v) is 8.47. The zero-order chi connectivity index (χ0) is 20.5. The molecule has 0 heterocycles. The summed E-state index contributed by atoms with van der Waals surface area (Å²) in [5.74, 6) is -0.610. The van der Waals surface area contributed by atoms with Gasteiger partial charge in [-0.3, -0.25) is 0 Å². The zero-order valence-electron chi connectivity index (χ0n) is 16.2. The monoisotopic (exact) mass is 379 g/mol. The Hall–Kier alpha value is -3.66. The van der Waals surface area contributed by atoms with E-state index in [2.05, 4.69) is 16.4 Å². The minimum Gasteiger partial charge on any atom is -0.464 e. The number of nitrogens with zero attached hydrogens (tertiary/aromatic N) is 3. The first-order chi connectivity index (χ1) is 13.5. The fraction of sp³-hybridized carbons (Fsp3) is 0.238. The smallest absolute Gasteiger partial charge is 0.360 e. The third-order valence-electron chi connectivity index (χ3n) is 4.05. The van der Waals surface area contributed by atoms with Crippen LogP contribution in [-0.4, -0.2) is 31.6 Å². The molecule has 0 aliphatic carbocycles. The second-order valence-electron chi connectivity index (χ2n) is 5.86. The number of aryl methyl sites for hydroxylation is 1. The molecule has 2 rings (SSSR count). The van der Waals surface area contributed by atoms with Gasteiger partial charge in [0, 0.05) is 16.7 Å². The van der Waals surface area contributed by atoms with Crippen molar-refractivity contribution in [2.24, 2.45) is 10.3 Å². The molecule has 0 bridgehead atoms. The lowest BCUT2D eigenvalue weighted by Gasteiger charge is -2.12. The van der Waals surface area contributed by atoms with Gasteiger partial charge in [0.25, 0.3) is 0 Å². The predicted octanol–water partition coefficient (Wildman–Crippen LogP) is 3.33. The molecule has 28 heavy (non-hydrogen) atoms. The van der Waals surface area contributed by atoms with E-state index < -0.39 is 5.97 Å². The first kappa shape index (κ1) is 20.6. The van der Waals surface area contributed by atoms with Crippen molar-refractivity contribution in [2.45, 2.75) is 20.5 Å². The van der Waals surface area contributed by atoms with Gasteiger partial charge in [0.2, 0.25) is 0 Å². The number of nitriles is 1. The van der Waals surface area contributed by atoms with E-state index in [9.17, 15) is 4.79 Å². The molecule has 0 spiro atoms. The molecular formula is C21H21N3O4. The molecular weight excluding hydrogens is 358 g/mol. The summed E-state index contributed by atoms with van der Waals surface area (Å²) in [5.41, 5.74) is 4.22. The van der Waals surface area contributed by atoms with Crippen LogP contribution in [0, 0.1) is 18.3 Å². The van der Waals surface area contributed by atoms with Crippen molar-refractivity contribution >= 4 is 17.4 Å². The summed E-state index contributed by atoms with van der Waals surface area (Å²) < 4.78 is 4.79. The van der Waals surface area contributed by atoms with E-state index in [1.165, 1.54) is 14.2 Å². The second-order valence-corrected chi connectivity index (χ2v) is 5.86. The van der Waals surface area contributed by atoms with E-state index in [0.717, 1.165) is 16.7 Å². The largest absolute Gasteiger partial charge is 0.464 e. The molecule has 0 fully saturated rings. The van der Waals surface area contributed by atoms with E-state index in [4.69, 9.17) is 19.7 Å². The van der Waals surface area contributed by atoms with Crippen LogP contribution < -0.4 is 0 Å². The van der Waals surface area contributed by atoms with Crippen LogP contribution in [-0.2, 0) is 25.8 Å². The van der Waals surface area contributed by atoms with Crippen LogP contribution in [0.3, 0.4) is 0 Å². The number of methoxy groups -OCH3 is 1. The van der Waals surface area contributed by atoms with Crippen molar-refractivity contribution in [1.82, 2.24) is 0 Å². The second kappa shape index (κ2) is 9.88. The molecule has 7 heteroatoms. The van der Waals surface area contributed by atoms with Gasteiger partial charge in [-0.2, -0.15) is 5.26 Å². The average Bonchev–Trinajstić information content (AvgIpc) is 2.72. The molecule has 0 N–H and O–H groups in total. The van der Waals surface area contributed by atoms with Gasteiger partial charge < -0.3 is 14.4 Å². The van der Waals surface area contributed by atoms with Gasteiger partial charge in [-0.1, -0.05) is 40.6 Å². The van der Waals surface area contributed by atoms with Crippen LogP contribution in [0.4, 0.5) is 0 Å². The Balaban J connectivity index is 2.28. The Kier molecular flexibility index (Phi) is 7.28. The van der Waals surface area contributed by atoms with Crippen LogP contribution in [0.25, 0.3) is 0 Å². The Morgan fingerprint density at radius 3 is 2.57 bits per heavy atom. The maximum atomic E-state index is 12.1. The highest BCUT2D eigenvalue weighted by Gasteiger charge is 2.20. The van der Waals surface area contributed by atoms with Gasteiger partial charge in [-0.05, 0) is 31.5 Å². The van der Waals surface area contributed by atoms with Crippen molar-refractivity contribution in [3.8, 4) is 6.07 Å². The Morgan fingerprint density at radius 1 is 1.14 bits per heavy atom. The maximum absolute atomic E-state index is 12.1. The molecule has 0 aliphatic rings. The molecule has 7 nitrogen and oxygen atoms in total. The molecule has 0 atom stereocenters. The van der Waals surface area contributed by atoms with E-state index >= 15 is 0 Å². The highest BCUT2D eigenvalue weighted by Crippen LogP contribution is 2.18. The van der Waals surface area contributed by atoms with Gasteiger partial charge in [0.15, 0.2) is 5.71 Å². The first-order valence-electron chi connectivity index (χ1n) is 8.47. The van der Waals surface area contributed by atoms with Crippen LogP contribution >= 0.6 is 0 Å². The summed E-state index contributed by atoms with van der Waals surface area (Å²) in [4.78, 5) is 22.4. The highest BCUT2D eigenvalue weighted by molar-refractivity contribution is 6.43. The van der Waals surface area contributed by atoms with Crippen LogP contribution in [0.2, 0.25) is 0 Å². The normalized spacial score (nSPS) is 11.5. The molecule has 144 valence electrons. The molecule has 0 amide bonds. The summed E-state index contributed by atoms with van der Waals surface area (Å²) in [5, 5.41) is 16.9. The number of carbonyl (C=O) groups excluding carboxylic acids is 1. The van der Waals surface area contributed by atoms with Gasteiger partial charge in [-0.15, -0.1) is 0 Å². The predicted molar refractivity (Wildman–Crippen MR) is 105 cm³/mol. The molecule has 0 aliphatic heterocycles. The van der Waals surface area contributed by atoms with Crippen molar-refractivity contribution in [2.75, 3.05) is 14.2 Å². The van der Waals surface area contributed by atoms with Crippen molar-refractivity contribution < 1.29 is 19.2 Å². The highest BCUT2D eigenvalue weighted by atomic mass is 16.6. The third-order valence-corrected chi connectivity index (χ3v) is 4.05. The van der Waals surface area contributed by atoms with Crippen molar-refractivity contribution in [1.29, 1.82) is 5.26 Å².